The van der Waals surface area contributed by atoms with Gasteiger partial charge in [0, 0.05) is 33.1 Å². The van der Waals surface area contributed by atoms with Crippen LogP contribution in [0.5, 0.6) is 0 Å². The number of carboxylic acid groups (broad SMARTS) is 2. The molecule has 0 fully saturated rings. The van der Waals surface area contributed by atoms with Crippen molar-refractivity contribution in [2.45, 2.75) is 31.4 Å². The highest BCUT2D eigenvalue weighted by Crippen LogP contribution is 2.28. The monoisotopic (exact) mass is 557 g/mol. The number of halogens is 6. The van der Waals surface area contributed by atoms with Gasteiger partial charge in [0.1, 0.15) is 5.69 Å². The van der Waals surface area contributed by atoms with Crippen molar-refractivity contribution in [1.29, 1.82) is 0 Å². The number of fused-ring (bicyclic) bond motifs is 1. The summed E-state index contributed by atoms with van der Waals surface area (Å²) in [5, 5.41) is 22.9. The molecule has 10 nitrogen and oxygen atoms in total. The fraction of sp³-hybridized carbons (Fsp3) is 0.545. The SMILES string of the molecule is CN(C)CCN1CCc2c(nnn2C)C1COCc1ccccc1.O=C(O)C(F)(F)F.O=C(O)C(F)(F)F. The Bertz CT molecular complexity index is 990. The van der Waals surface area contributed by atoms with E-state index >= 15 is 0 Å². The van der Waals surface area contributed by atoms with Gasteiger partial charge in [0.2, 0.25) is 0 Å². The van der Waals surface area contributed by atoms with E-state index in [1.807, 2.05) is 29.9 Å². The average Bonchev–Trinajstić information content (AvgIpc) is 3.19. The Labute approximate surface area is 214 Å². The normalized spacial score (nSPS) is 15.6. The zero-order valence-electron chi connectivity index (χ0n) is 20.8. The lowest BCUT2D eigenvalue weighted by Crippen LogP contribution is -2.41. The van der Waals surface area contributed by atoms with Gasteiger partial charge in [0.05, 0.1) is 24.9 Å². The van der Waals surface area contributed by atoms with Crippen molar-refractivity contribution in [2.24, 2.45) is 7.05 Å². The molecule has 0 aliphatic carbocycles. The summed E-state index contributed by atoms with van der Waals surface area (Å²) in [6.07, 6.45) is -9.17. The lowest BCUT2D eigenvalue weighted by Gasteiger charge is -2.35. The Hall–Kier alpha value is -3.24. The predicted molar refractivity (Wildman–Crippen MR) is 121 cm³/mol. The van der Waals surface area contributed by atoms with Gasteiger partial charge in [0.25, 0.3) is 0 Å². The predicted octanol–water partition coefficient (Wildman–Crippen LogP) is 2.76. The standard InChI is InChI=1S/C18H27N5O.2C2HF3O2/c1-21(2)11-12-23-10-9-16-18(19-20-22(16)3)17(23)14-24-13-15-7-5-4-6-8-15;2*3-2(4,5)1(6)7/h4-8,17H,9-14H2,1-3H3;2*(H,6,7). The molecule has 38 heavy (non-hydrogen) atoms. The second kappa shape index (κ2) is 14.6. The lowest BCUT2D eigenvalue weighted by molar-refractivity contribution is -0.193. The topological polar surface area (TPSA) is 121 Å². The van der Waals surface area contributed by atoms with Gasteiger partial charge < -0.3 is 19.8 Å². The van der Waals surface area contributed by atoms with Crippen LogP contribution < -0.4 is 0 Å². The minimum atomic E-state index is -5.08. The molecule has 1 unspecified atom stereocenters. The Morgan fingerprint density at radius 3 is 2.05 bits per heavy atom. The number of carboxylic acids is 2. The van der Waals surface area contributed by atoms with Gasteiger partial charge in [-0.25, -0.2) is 9.59 Å². The molecule has 0 spiro atoms. The molecular formula is C22H29F6N5O5. The first-order valence-electron chi connectivity index (χ1n) is 11.0. The van der Waals surface area contributed by atoms with E-state index in [0.717, 1.165) is 31.7 Å². The number of carbonyl (C=O) groups is 2. The van der Waals surface area contributed by atoms with Crippen molar-refractivity contribution in [2.75, 3.05) is 40.3 Å². The Morgan fingerprint density at radius 2 is 1.58 bits per heavy atom. The summed E-state index contributed by atoms with van der Waals surface area (Å²) < 4.78 is 71.4. The molecule has 3 rings (SSSR count). The Kier molecular flexibility index (Phi) is 12.6. The van der Waals surface area contributed by atoms with E-state index in [1.165, 1.54) is 11.3 Å². The van der Waals surface area contributed by atoms with Gasteiger partial charge in [-0.05, 0) is 19.7 Å². The number of aryl methyl sites for hydroxylation is 1. The summed E-state index contributed by atoms with van der Waals surface area (Å²) >= 11 is 0. The molecule has 0 amide bonds. The summed E-state index contributed by atoms with van der Waals surface area (Å²) in [6.45, 7) is 4.36. The minimum absolute atomic E-state index is 0.186. The fourth-order valence-electron chi connectivity index (χ4n) is 3.16. The third-order valence-electron chi connectivity index (χ3n) is 5.07. The molecular weight excluding hydrogens is 528 g/mol. The summed E-state index contributed by atoms with van der Waals surface area (Å²) in [5.41, 5.74) is 3.52. The van der Waals surface area contributed by atoms with Crippen LogP contribution >= 0.6 is 0 Å². The van der Waals surface area contributed by atoms with Gasteiger partial charge in [-0.1, -0.05) is 35.5 Å². The Balaban J connectivity index is 0.000000426. The maximum Gasteiger partial charge on any atom is 0.490 e. The van der Waals surface area contributed by atoms with E-state index in [2.05, 4.69) is 46.3 Å². The summed E-state index contributed by atoms with van der Waals surface area (Å²) in [4.78, 5) is 22.5. The number of likely N-dealkylation sites (N-methyl/N-ethyl adjacent to an activating group) is 1. The highest BCUT2D eigenvalue weighted by Gasteiger charge is 2.39. The molecule has 0 saturated carbocycles. The molecule has 2 N–H and O–H groups in total. The zero-order chi connectivity index (χ0) is 29.1. The second-order valence-corrected chi connectivity index (χ2v) is 8.26. The molecule has 2 heterocycles. The van der Waals surface area contributed by atoms with Gasteiger partial charge in [-0.2, -0.15) is 26.3 Å². The minimum Gasteiger partial charge on any atom is -0.475 e. The molecule has 1 aliphatic rings. The van der Waals surface area contributed by atoms with Crippen molar-refractivity contribution >= 4 is 11.9 Å². The van der Waals surface area contributed by atoms with E-state index in [0.29, 0.717) is 13.2 Å². The summed E-state index contributed by atoms with van der Waals surface area (Å²) in [5.74, 6) is -5.51. The van der Waals surface area contributed by atoms with Crippen LogP contribution in [0, 0.1) is 0 Å². The van der Waals surface area contributed by atoms with Crippen molar-refractivity contribution < 1.29 is 50.9 Å². The van der Waals surface area contributed by atoms with Crippen LogP contribution in [-0.4, -0.2) is 99.6 Å². The van der Waals surface area contributed by atoms with E-state index in [4.69, 9.17) is 24.5 Å². The second-order valence-electron chi connectivity index (χ2n) is 8.26. The van der Waals surface area contributed by atoms with Crippen molar-refractivity contribution in [3.63, 3.8) is 0 Å². The largest absolute Gasteiger partial charge is 0.490 e. The third-order valence-corrected chi connectivity index (χ3v) is 5.07. The van der Waals surface area contributed by atoms with E-state index in [9.17, 15) is 26.3 Å². The number of aromatic nitrogens is 3. The zero-order valence-corrected chi connectivity index (χ0v) is 20.8. The van der Waals surface area contributed by atoms with Crippen LogP contribution in [0.2, 0.25) is 0 Å². The number of benzene rings is 1. The molecule has 214 valence electrons. The fourth-order valence-corrected chi connectivity index (χ4v) is 3.16. The number of hydrogen-bond acceptors (Lipinski definition) is 7. The van der Waals surface area contributed by atoms with Crippen LogP contribution in [0.15, 0.2) is 30.3 Å². The van der Waals surface area contributed by atoms with E-state index in [-0.39, 0.29) is 6.04 Å². The van der Waals surface area contributed by atoms with Crippen LogP contribution in [0.25, 0.3) is 0 Å². The van der Waals surface area contributed by atoms with Gasteiger partial charge in [-0.15, -0.1) is 5.10 Å². The molecule has 1 aliphatic heterocycles. The summed E-state index contributed by atoms with van der Waals surface area (Å²) in [7, 11) is 6.19. The average molecular weight is 557 g/mol. The van der Waals surface area contributed by atoms with Crippen LogP contribution in [0.1, 0.15) is 23.0 Å². The first-order valence-corrected chi connectivity index (χ1v) is 11.0. The summed E-state index contributed by atoms with van der Waals surface area (Å²) in [6, 6.07) is 10.5. The van der Waals surface area contributed by atoms with Crippen LogP contribution in [0.3, 0.4) is 0 Å². The van der Waals surface area contributed by atoms with Crippen LogP contribution in [-0.2, 0) is 34.4 Å². The number of aliphatic carboxylic acids is 2. The molecule has 0 saturated heterocycles. The van der Waals surface area contributed by atoms with E-state index < -0.39 is 24.3 Å². The van der Waals surface area contributed by atoms with Gasteiger partial charge >= 0.3 is 24.3 Å². The van der Waals surface area contributed by atoms with Crippen molar-refractivity contribution in [3.8, 4) is 0 Å². The molecule has 16 heteroatoms. The maximum absolute atomic E-state index is 10.6. The van der Waals surface area contributed by atoms with Crippen molar-refractivity contribution in [3.05, 3.63) is 47.3 Å². The number of alkyl halides is 6. The molecule has 1 atom stereocenters. The quantitative estimate of drug-likeness (QED) is 0.495. The lowest BCUT2D eigenvalue weighted by atomic mass is 10.0. The number of ether oxygens (including phenoxy) is 1. The number of nitrogens with zero attached hydrogens (tertiary/aromatic N) is 5. The highest BCUT2D eigenvalue weighted by molar-refractivity contribution is 5.73. The smallest absolute Gasteiger partial charge is 0.475 e. The van der Waals surface area contributed by atoms with Crippen LogP contribution in [0.4, 0.5) is 26.3 Å². The van der Waals surface area contributed by atoms with E-state index in [1.54, 1.807) is 0 Å². The number of hydrogen-bond donors (Lipinski definition) is 2. The van der Waals surface area contributed by atoms with Crippen molar-refractivity contribution in [1.82, 2.24) is 24.8 Å². The van der Waals surface area contributed by atoms with Gasteiger partial charge in [0.15, 0.2) is 0 Å². The highest BCUT2D eigenvalue weighted by atomic mass is 19.4. The molecule has 0 radical (unpaired) electrons. The molecule has 0 bridgehead atoms. The van der Waals surface area contributed by atoms with Gasteiger partial charge in [-0.3, -0.25) is 9.58 Å². The third kappa shape index (κ3) is 11.4. The first kappa shape index (κ1) is 32.8. The molecule has 1 aromatic carbocycles. The first-order chi connectivity index (χ1) is 17.5. The number of rotatable bonds is 7. The molecule has 1 aromatic heterocycles. The molecule has 2 aromatic rings. The Morgan fingerprint density at radius 1 is 1.05 bits per heavy atom. The maximum atomic E-state index is 10.6.